The maximum Gasteiger partial charge on any atom is 0.248 e. The number of rotatable bonds is 6. The highest BCUT2D eigenvalue weighted by molar-refractivity contribution is 5.85. The van der Waals surface area contributed by atoms with Crippen LogP contribution in [-0.4, -0.2) is 75.2 Å². The second kappa shape index (κ2) is 6.54. The van der Waals surface area contributed by atoms with E-state index >= 15 is 0 Å². The Hall–Kier alpha value is -1.14. The van der Waals surface area contributed by atoms with Gasteiger partial charge in [-0.05, 0) is 19.3 Å². The van der Waals surface area contributed by atoms with Gasteiger partial charge >= 0.3 is 0 Å². The van der Waals surface area contributed by atoms with Crippen molar-refractivity contribution in [2.45, 2.75) is 19.3 Å². The van der Waals surface area contributed by atoms with Crippen LogP contribution in [0.1, 0.15) is 19.3 Å². The first kappa shape index (κ1) is 15.3. The zero-order chi connectivity index (χ0) is 14.6. The van der Waals surface area contributed by atoms with E-state index in [9.17, 15) is 9.59 Å². The lowest BCUT2D eigenvalue weighted by molar-refractivity contribution is -0.145. The predicted molar refractivity (Wildman–Crippen MR) is 73.2 cm³/mol. The van der Waals surface area contributed by atoms with Crippen molar-refractivity contribution in [3.63, 3.8) is 0 Å². The van der Waals surface area contributed by atoms with E-state index in [-0.39, 0.29) is 23.8 Å². The number of ether oxygens (including phenoxy) is 2. The molecule has 0 radical (unpaired) electrons. The molecule has 0 aromatic carbocycles. The summed E-state index contributed by atoms with van der Waals surface area (Å²) >= 11 is 0. The van der Waals surface area contributed by atoms with Crippen LogP contribution in [0.3, 0.4) is 0 Å². The summed E-state index contributed by atoms with van der Waals surface area (Å²) < 4.78 is 9.95. The summed E-state index contributed by atoms with van der Waals surface area (Å²) in [6.07, 6.45) is 2.75. The Morgan fingerprint density at radius 2 is 1.60 bits per heavy atom. The highest BCUT2D eigenvalue weighted by Crippen LogP contribution is 2.50. The van der Waals surface area contributed by atoms with Crippen LogP contribution in [0.5, 0.6) is 0 Å². The molecule has 1 saturated carbocycles. The molecule has 1 aliphatic heterocycles. The molecule has 0 atom stereocenters. The number of carbonyl (C=O) groups is 2. The van der Waals surface area contributed by atoms with Crippen LogP contribution >= 0.6 is 0 Å². The lowest BCUT2D eigenvalue weighted by Crippen LogP contribution is -2.53. The van der Waals surface area contributed by atoms with Gasteiger partial charge in [-0.15, -0.1) is 0 Å². The fourth-order valence-corrected chi connectivity index (χ4v) is 2.73. The predicted octanol–water partition coefficient (Wildman–Crippen LogP) is 0.120. The second-order valence-electron chi connectivity index (χ2n) is 5.63. The molecule has 1 aliphatic carbocycles. The first-order chi connectivity index (χ1) is 9.63. The van der Waals surface area contributed by atoms with Gasteiger partial charge in [0.2, 0.25) is 11.8 Å². The second-order valence-corrected chi connectivity index (χ2v) is 5.63. The summed E-state index contributed by atoms with van der Waals surface area (Å²) in [5.74, 6) is 0.244. The van der Waals surface area contributed by atoms with Crippen LogP contribution < -0.4 is 0 Å². The van der Waals surface area contributed by atoms with Crippen LogP contribution in [0.15, 0.2) is 0 Å². The molecule has 2 aliphatic rings. The highest BCUT2D eigenvalue weighted by Gasteiger charge is 2.51. The van der Waals surface area contributed by atoms with Crippen molar-refractivity contribution < 1.29 is 19.1 Å². The van der Waals surface area contributed by atoms with Gasteiger partial charge in [-0.25, -0.2) is 0 Å². The standard InChI is InChI=1S/C14H24N2O4/c1-19-10-5-14(3-4-14)13(18)16-8-6-15(7-9-16)12(17)11-20-2/h3-11H2,1-2H3. The molecule has 2 fully saturated rings. The van der Waals surface area contributed by atoms with Crippen LogP contribution in [0.2, 0.25) is 0 Å². The number of amides is 2. The SMILES string of the molecule is COCCC1(C(=O)N2CCN(C(=O)COC)CC2)CC1. The van der Waals surface area contributed by atoms with Gasteiger partial charge in [0, 0.05) is 47.0 Å². The Bertz CT molecular complexity index is 360. The Labute approximate surface area is 120 Å². The number of piperazine rings is 1. The van der Waals surface area contributed by atoms with E-state index in [0.29, 0.717) is 32.8 Å². The number of nitrogens with zero attached hydrogens (tertiary/aromatic N) is 2. The molecule has 0 spiro atoms. The number of hydrogen-bond donors (Lipinski definition) is 0. The van der Waals surface area contributed by atoms with Crippen molar-refractivity contribution in [3.05, 3.63) is 0 Å². The molecule has 0 unspecified atom stereocenters. The Kier molecular flexibility index (Phi) is 4.99. The number of hydrogen-bond acceptors (Lipinski definition) is 4. The fourth-order valence-electron chi connectivity index (χ4n) is 2.73. The Morgan fingerprint density at radius 1 is 1.00 bits per heavy atom. The summed E-state index contributed by atoms with van der Waals surface area (Å²) in [4.78, 5) is 27.9. The van der Waals surface area contributed by atoms with Crippen molar-refractivity contribution in [1.82, 2.24) is 9.80 Å². The number of carbonyl (C=O) groups excluding carboxylic acids is 2. The van der Waals surface area contributed by atoms with E-state index in [1.807, 2.05) is 4.90 Å². The molecule has 0 aromatic heterocycles. The van der Waals surface area contributed by atoms with Gasteiger partial charge in [-0.2, -0.15) is 0 Å². The molecule has 114 valence electrons. The maximum absolute atomic E-state index is 12.5. The van der Waals surface area contributed by atoms with Crippen LogP contribution in [0, 0.1) is 5.41 Å². The summed E-state index contributed by atoms with van der Waals surface area (Å²) in [5.41, 5.74) is -0.172. The normalized spacial score (nSPS) is 20.9. The third-order valence-electron chi connectivity index (χ3n) is 4.28. The summed E-state index contributed by atoms with van der Waals surface area (Å²) in [6.45, 7) is 3.22. The van der Waals surface area contributed by atoms with Crippen molar-refractivity contribution in [1.29, 1.82) is 0 Å². The quantitative estimate of drug-likeness (QED) is 0.695. The summed E-state index contributed by atoms with van der Waals surface area (Å²) in [7, 11) is 3.19. The monoisotopic (exact) mass is 284 g/mol. The molecule has 2 amide bonds. The Balaban J connectivity index is 1.81. The van der Waals surface area contributed by atoms with Crippen molar-refractivity contribution in [2.75, 3.05) is 53.6 Å². The minimum atomic E-state index is -0.172. The molecule has 0 N–H and O–H groups in total. The molecule has 2 rings (SSSR count). The minimum Gasteiger partial charge on any atom is -0.385 e. The van der Waals surface area contributed by atoms with Crippen LogP contribution in [0.4, 0.5) is 0 Å². The molecule has 0 bridgehead atoms. The van der Waals surface area contributed by atoms with Gasteiger partial charge in [-0.3, -0.25) is 9.59 Å². The third-order valence-corrected chi connectivity index (χ3v) is 4.28. The third kappa shape index (κ3) is 3.30. The van der Waals surface area contributed by atoms with E-state index in [4.69, 9.17) is 9.47 Å². The lowest BCUT2D eigenvalue weighted by Gasteiger charge is -2.36. The first-order valence-electron chi connectivity index (χ1n) is 7.18. The van der Waals surface area contributed by atoms with Gasteiger partial charge in [0.1, 0.15) is 6.61 Å². The molecule has 1 saturated heterocycles. The van der Waals surface area contributed by atoms with Gasteiger partial charge < -0.3 is 19.3 Å². The van der Waals surface area contributed by atoms with Crippen molar-refractivity contribution in [3.8, 4) is 0 Å². The van der Waals surface area contributed by atoms with Crippen molar-refractivity contribution in [2.24, 2.45) is 5.41 Å². The maximum atomic E-state index is 12.5. The largest absolute Gasteiger partial charge is 0.385 e. The molecule has 0 aromatic rings. The van der Waals surface area contributed by atoms with Gasteiger partial charge in [0.05, 0.1) is 5.41 Å². The van der Waals surface area contributed by atoms with Crippen molar-refractivity contribution >= 4 is 11.8 Å². The average Bonchev–Trinajstić information content (AvgIpc) is 3.26. The summed E-state index contributed by atoms with van der Waals surface area (Å²) in [5, 5.41) is 0. The molecule has 20 heavy (non-hydrogen) atoms. The van der Waals surface area contributed by atoms with E-state index in [1.165, 1.54) is 7.11 Å². The van der Waals surface area contributed by atoms with E-state index in [1.54, 1.807) is 12.0 Å². The fraction of sp³-hybridized carbons (Fsp3) is 0.857. The smallest absolute Gasteiger partial charge is 0.248 e. The van der Waals surface area contributed by atoms with E-state index in [0.717, 1.165) is 19.3 Å². The molecule has 6 nitrogen and oxygen atoms in total. The lowest BCUT2D eigenvalue weighted by atomic mass is 10.0. The van der Waals surface area contributed by atoms with Crippen LogP contribution in [-0.2, 0) is 19.1 Å². The zero-order valence-corrected chi connectivity index (χ0v) is 12.4. The molecule has 1 heterocycles. The first-order valence-corrected chi connectivity index (χ1v) is 7.18. The number of methoxy groups -OCH3 is 2. The van der Waals surface area contributed by atoms with Gasteiger partial charge in [0.25, 0.3) is 0 Å². The van der Waals surface area contributed by atoms with Crippen LogP contribution in [0.25, 0.3) is 0 Å². The topological polar surface area (TPSA) is 59.1 Å². The van der Waals surface area contributed by atoms with Gasteiger partial charge in [0.15, 0.2) is 0 Å². The summed E-state index contributed by atoms with van der Waals surface area (Å²) in [6, 6.07) is 0. The molecular weight excluding hydrogens is 260 g/mol. The molecule has 6 heteroatoms. The minimum absolute atomic E-state index is 0.000108. The van der Waals surface area contributed by atoms with E-state index < -0.39 is 0 Å². The van der Waals surface area contributed by atoms with Gasteiger partial charge in [-0.1, -0.05) is 0 Å². The Morgan fingerprint density at radius 3 is 2.10 bits per heavy atom. The van der Waals surface area contributed by atoms with E-state index in [2.05, 4.69) is 0 Å². The molecular formula is C14H24N2O4. The average molecular weight is 284 g/mol. The highest BCUT2D eigenvalue weighted by atomic mass is 16.5. The zero-order valence-electron chi connectivity index (χ0n) is 12.4.